The van der Waals surface area contributed by atoms with Crippen LogP contribution in [0.25, 0.3) is 11.5 Å². The molecule has 3 aromatic rings. The normalized spacial score (nSPS) is 10.6. The monoisotopic (exact) mass is 415 g/mol. The van der Waals surface area contributed by atoms with Crippen LogP contribution in [0.3, 0.4) is 0 Å². The number of carbonyl (C=O) groups is 2. The molecule has 0 spiro atoms. The maximum Gasteiger partial charge on any atom is 0.277 e. The number of carbonyl (C=O) groups excluding carboxylic acids is 2. The van der Waals surface area contributed by atoms with Crippen molar-refractivity contribution in [1.82, 2.24) is 10.2 Å². The molecule has 1 heterocycles. The fourth-order valence-electron chi connectivity index (χ4n) is 2.41. The van der Waals surface area contributed by atoms with Gasteiger partial charge < -0.3 is 9.73 Å². The van der Waals surface area contributed by atoms with Crippen molar-refractivity contribution in [2.75, 3.05) is 11.1 Å². The second-order valence-corrected chi connectivity index (χ2v) is 7.33. The number of anilines is 1. The summed E-state index contributed by atoms with van der Waals surface area (Å²) < 4.78 is 5.58. The van der Waals surface area contributed by atoms with Crippen molar-refractivity contribution in [3.63, 3.8) is 0 Å². The van der Waals surface area contributed by atoms with E-state index in [0.29, 0.717) is 33.8 Å². The molecule has 0 radical (unpaired) electrons. The number of amides is 1. The van der Waals surface area contributed by atoms with E-state index in [1.54, 1.807) is 42.5 Å². The van der Waals surface area contributed by atoms with E-state index in [-0.39, 0.29) is 17.4 Å². The highest BCUT2D eigenvalue weighted by Gasteiger charge is 2.13. The first-order chi connectivity index (χ1) is 13.5. The predicted molar refractivity (Wildman–Crippen MR) is 110 cm³/mol. The molecule has 1 aromatic heterocycles. The van der Waals surface area contributed by atoms with Crippen molar-refractivity contribution < 1.29 is 14.0 Å². The van der Waals surface area contributed by atoms with E-state index < -0.39 is 0 Å². The van der Waals surface area contributed by atoms with Crippen LogP contribution in [0, 0.1) is 0 Å². The van der Waals surface area contributed by atoms with Crippen LogP contribution in [-0.2, 0) is 4.79 Å². The van der Waals surface area contributed by atoms with Gasteiger partial charge in [-0.2, -0.15) is 0 Å². The van der Waals surface area contributed by atoms with Crippen LogP contribution in [0.2, 0.25) is 5.02 Å². The quantitative estimate of drug-likeness (QED) is 0.406. The maximum atomic E-state index is 12.4. The number of nitrogens with zero attached hydrogens (tertiary/aromatic N) is 2. The van der Waals surface area contributed by atoms with E-state index in [0.717, 1.165) is 12.0 Å². The molecule has 1 N–H and O–H groups in total. The van der Waals surface area contributed by atoms with Gasteiger partial charge in [-0.05, 0) is 48.9 Å². The van der Waals surface area contributed by atoms with Gasteiger partial charge in [0.2, 0.25) is 11.8 Å². The van der Waals surface area contributed by atoms with Gasteiger partial charge in [0, 0.05) is 28.3 Å². The molecular formula is C20H18ClN3O3S. The van der Waals surface area contributed by atoms with Gasteiger partial charge in [0.1, 0.15) is 0 Å². The Morgan fingerprint density at radius 1 is 1.14 bits per heavy atom. The Morgan fingerprint density at radius 3 is 2.64 bits per heavy atom. The molecule has 1 amide bonds. The molecule has 0 aliphatic carbocycles. The van der Waals surface area contributed by atoms with Crippen molar-refractivity contribution in [1.29, 1.82) is 0 Å². The van der Waals surface area contributed by atoms with Crippen LogP contribution in [0.1, 0.15) is 30.1 Å². The first-order valence-electron chi connectivity index (χ1n) is 8.70. The Morgan fingerprint density at radius 2 is 1.93 bits per heavy atom. The van der Waals surface area contributed by atoms with Gasteiger partial charge >= 0.3 is 0 Å². The minimum Gasteiger partial charge on any atom is -0.411 e. The summed E-state index contributed by atoms with van der Waals surface area (Å²) in [6.45, 7) is 1.94. The average Bonchev–Trinajstić information content (AvgIpc) is 3.16. The Labute approximate surface area is 171 Å². The number of ketones is 1. The summed E-state index contributed by atoms with van der Waals surface area (Å²) in [5.41, 5.74) is 1.94. The number of rotatable bonds is 8. The van der Waals surface area contributed by atoms with Crippen molar-refractivity contribution in [2.24, 2.45) is 0 Å². The third-order valence-electron chi connectivity index (χ3n) is 3.77. The number of halogens is 1. The van der Waals surface area contributed by atoms with Gasteiger partial charge in [-0.1, -0.05) is 36.4 Å². The van der Waals surface area contributed by atoms with Crippen LogP contribution < -0.4 is 5.32 Å². The molecule has 6 nitrogen and oxygen atoms in total. The van der Waals surface area contributed by atoms with Crippen molar-refractivity contribution in [3.8, 4) is 11.5 Å². The summed E-state index contributed by atoms with van der Waals surface area (Å²) >= 11 is 7.14. The summed E-state index contributed by atoms with van der Waals surface area (Å²) in [7, 11) is 0. The smallest absolute Gasteiger partial charge is 0.277 e. The highest BCUT2D eigenvalue weighted by Crippen LogP contribution is 2.25. The first-order valence-corrected chi connectivity index (χ1v) is 10.1. The van der Waals surface area contributed by atoms with E-state index in [1.165, 1.54) is 11.8 Å². The summed E-state index contributed by atoms with van der Waals surface area (Å²) in [5, 5.41) is 11.6. The van der Waals surface area contributed by atoms with Crippen molar-refractivity contribution >= 4 is 40.7 Å². The van der Waals surface area contributed by atoms with Gasteiger partial charge in [0.25, 0.3) is 5.22 Å². The zero-order valence-corrected chi connectivity index (χ0v) is 16.7. The highest BCUT2D eigenvalue weighted by molar-refractivity contribution is 7.99. The average molecular weight is 416 g/mol. The molecule has 0 aliphatic rings. The number of hydrogen-bond acceptors (Lipinski definition) is 6. The molecule has 3 rings (SSSR count). The Kier molecular flexibility index (Phi) is 6.84. The van der Waals surface area contributed by atoms with Crippen LogP contribution in [0.15, 0.2) is 58.2 Å². The van der Waals surface area contributed by atoms with Crippen molar-refractivity contribution in [3.05, 3.63) is 59.1 Å². The number of aromatic nitrogens is 2. The lowest BCUT2D eigenvalue weighted by atomic mass is 10.1. The number of benzene rings is 2. The number of thioether (sulfide) groups is 1. The van der Waals surface area contributed by atoms with Crippen LogP contribution >= 0.6 is 23.4 Å². The minimum atomic E-state index is -0.0704. The summed E-state index contributed by atoms with van der Waals surface area (Å²) in [5.74, 6) is 0.409. The van der Waals surface area contributed by atoms with Crippen LogP contribution in [0.5, 0.6) is 0 Å². The lowest BCUT2D eigenvalue weighted by Crippen LogP contribution is -2.10. The van der Waals surface area contributed by atoms with E-state index in [9.17, 15) is 9.59 Å². The lowest BCUT2D eigenvalue weighted by Gasteiger charge is -2.05. The maximum absolute atomic E-state index is 12.4. The number of hydrogen-bond donors (Lipinski definition) is 1. The molecular weight excluding hydrogens is 398 g/mol. The Hall–Kier alpha value is -2.64. The predicted octanol–water partition coefficient (Wildman–Crippen LogP) is 5.10. The molecule has 0 bridgehead atoms. The molecule has 0 atom stereocenters. The lowest BCUT2D eigenvalue weighted by molar-refractivity contribution is -0.116. The second-order valence-electron chi connectivity index (χ2n) is 5.97. The standard InChI is InChI=1S/C20H18ClN3O3S/c1-2-4-18(26)22-16-9-7-13(8-10-16)17(25)12-28-20-24-23-19(27-20)14-5-3-6-15(21)11-14/h3,5-11H,2,4,12H2,1H3,(H,22,26). The summed E-state index contributed by atoms with van der Waals surface area (Å²) in [4.78, 5) is 24.0. The first kappa shape index (κ1) is 20.1. The fourth-order valence-corrected chi connectivity index (χ4v) is 3.25. The van der Waals surface area contributed by atoms with Gasteiger partial charge in [0.05, 0.1) is 5.75 Å². The van der Waals surface area contributed by atoms with E-state index >= 15 is 0 Å². The minimum absolute atomic E-state index is 0.0379. The topological polar surface area (TPSA) is 85.1 Å². The molecule has 0 saturated carbocycles. The van der Waals surface area contributed by atoms with Gasteiger partial charge in [-0.25, -0.2) is 0 Å². The molecule has 0 saturated heterocycles. The molecule has 0 fully saturated rings. The third-order valence-corrected chi connectivity index (χ3v) is 4.83. The van der Waals surface area contributed by atoms with E-state index in [2.05, 4.69) is 15.5 Å². The Bertz CT molecular complexity index is 973. The SMILES string of the molecule is CCCC(=O)Nc1ccc(C(=O)CSc2nnc(-c3cccc(Cl)c3)o2)cc1. The van der Waals surface area contributed by atoms with Crippen LogP contribution in [0.4, 0.5) is 5.69 Å². The van der Waals surface area contributed by atoms with Gasteiger partial charge in [-0.3, -0.25) is 9.59 Å². The molecule has 144 valence electrons. The summed E-state index contributed by atoms with van der Waals surface area (Å²) in [6, 6.07) is 13.9. The van der Waals surface area contributed by atoms with Crippen LogP contribution in [-0.4, -0.2) is 27.6 Å². The Balaban J connectivity index is 1.56. The zero-order chi connectivity index (χ0) is 19.9. The fraction of sp³-hybridized carbons (Fsp3) is 0.200. The third kappa shape index (κ3) is 5.43. The van der Waals surface area contributed by atoms with E-state index in [1.807, 2.05) is 13.0 Å². The number of Topliss-reactive ketones (excluding diaryl/α,β-unsaturated/α-hetero) is 1. The highest BCUT2D eigenvalue weighted by atomic mass is 35.5. The number of nitrogens with one attached hydrogen (secondary N) is 1. The van der Waals surface area contributed by atoms with Gasteiger partial charge in [-0.15, -0.1) is 10.2 Å². The molecule has 0 aliphatic heterocycles. The molecule has 28 heavy (non-hydrogen) atoms. The molecule has 2 aromatic carbocycles. The molecule has 8 heteroatoms. The molecule has 0 unspecified atom stereocenters. The summed E-state index contributed by atoms with van der Waals surface area (Å²) in [6.07, 6.45) is 1.26. The van der Waals surface area contributed by atoms with E-state index in [4.69, 9.17) is 16.0 Å². The zero-order valence-electron chi connectivity index (χ0n) is 15.1. The van der Waals surface area contributed by atoms with Gasteiger partial charge in [0.15, 0.2) is 5.78 Å². The van der Waals surface area contributed by atoms with Crippen molar-refractivity contribution in [2.45, 2.75) is 25.0 Å². The largest absolute Gasteiger partial charge is 0.411 e. The second kappa shape index (κ2) is 9.52.